The van der Waals surface area contributed by atoms with Gasteiger partial charge in [-0.25, -0.2) is 13.6 Å². The van der Waals surface area contributed by atoms with Crippen LogP contribution in [0.4, 0.5) is 11.4 Å². The molecule has 5 nitrogen and oxygen atoms in total. The van der Waals surface area contributed by atoms with Gasteiger partial charge < -0.3 is 10.6 Å². The molecule has 0 saturated carbocycles. The van der Waals surface area contributed by atoms with Gasteiger partial charge in [0.05, 0.1) is 4.90 Å². The standard InChI is InChI=1S/C13H12IN3O2S2/c14-9-2-1-3-11(8-9)17-13(20)16-10-4-6-12(7-5-10)21(15,18)19/h1-8H,(H2,15,18,19)(H2,16,17,20). The Bertz CT molecular complexity index is 761. The summed E-state index contributed by atoms with van der Waals surface area (Å²) in [4.78, 5) is 0.0598. The summed E-state index contributed by atoms with van der Waals surface area (Å²) in [5, 5.41) is 11.5. The number of rotatable bonds is 3. The van der Waals surface area contributed by atoms with E-state index >= 15 is 0 Å². The molecule has 0 spiro atoms. The Hall–Kier alpha value is -1.23. The summed E-state index contributed by atoms with van der Waals surface area (Å²) < 4.78 is 23.4. The Balaban J connectivity index is 2.03. The summed E-state index contributed by atoms with van der Waals surface area (Å²) in [6.07, 6.45) is 0. The third-order valence-electron chi connectivity index (χ3n) is 2.52. The Morgan fingerprint density at radius 1 is 1.05 bits per heavy atom. The summed E-state index contributed by atoms with van der Waals surface area (Å²) in [5.41, 5.74) is 1.55. The van der Waals surface area contributed by atoms with Crippen LogP contribution in [-0.2, 0) is 10.0 Å². The van der Waals surface area contributed by atoms with E-state index in [9.17, 15) is 8.42 Å². The quantitative estimate of drug-likeness (QED) is 0.512. The van der Waals surface area contributed by atoms with Crippen LogP contribution in [0, 0.1) is 3.57 Å². The van der Waals surface area contributed by atoms with E-state index in [1.165, 1.54) is 12.1 Å². The van der Waals surface area contributed by atoms with Gasteiger partial charge in [-0.1, -0.05) is 6.07 Å². The largest absolute Gasteiger partial charge is 0.332 e. The molecule has 21 heavy (non-hydrogen) atoms. The Labute approximate surface area is 142 Å². The lowest BCUT2D eigenvalue weighted by atomic mass is 10.3. The summed E-state index contributed by atoms with van der Waals surface area (Å²) in [6, 6.07) is 13.8. The van der Waals surface area contributed by atoms with E-state index in [1.54, 1.807) is 12.1 Å². The van der Waals surface area contributed by atoms with Crippen LogP contribution in [0.5, 0.6) is 0 Å². The maximum absolute atomic E-state index is 11.2. The van der Waals surface area contributed by atoms with E-state index in [2.05, 4.69) is 33.2 Å². The zero-order valence-corrected chi connectivity index (χ0v) is 14.5. The van der Waals surface area contributed by atoms with Crippen molar-refractivity contribution in [3.05, 3.63) is 52.1 Å². The first-order valence-electron chi connectivity index (χ1n) is 5.81. The monoisotopic (exact) mass is 433 g/mol. The number of sulfonamides is 1. The van der Waals surface area contributed by atoms with E-state index < -0.39 is 10.0 Å². The molecule has 2 rings (SSSR count). The number of anilines is 2. The van der Waals surface area contributed by atoms with E-state index in [4.69, 9.17) is 17.4 Å². The van der Waals surface area contributed by atoms with Crippen molar-refractivity contribution in [1.29, 1.82) is 0 Å². The lowest BCUT2D eigenvalue weighted by Gasteiger charge is -2.11. The Kier molecular flexibility index (Phi) is 5.14. The van der Waals surface area contributed by atoms with Gasteiger partial charge in [-0.05, 0) is 77.3 Å². The first kappa shape index (κ1) is 16.1. The molecule has 2 aromatic carbocycles. The third-order valence-corrected chi connectivity index (χ3v) is 4.33. The van der Waals surface area contributed by atoms with Crippen LogP contribution in [-0.4, -0.2) is 13.5 Å². The number of nitrogens with two attached hydrogens (primary N) is 1. The second kappa shape index (κ2) is 6.69. The average molecular weight is 433 g/mol. The van der Waals surface area contributed by atoms with E-state index in [-0.39, 0.29) is 4.90 Å². The number of thiocarbonyl (C=S) groups is 1. The Morgan fingerprint density at radius 2 is 1.67 bits per heavy atom. The van der Waals surface area contributed by atoms with Crippen LogP contribution >= 0.6 is 34.8 Å². The fourth-order valence-corrected chi connectivity index (χ4v) is 2.88. The highest BCUT2D eigenvalue weighted by Crippen LogP contribution is 2.15. The molecular formula is C13H12IN3O2S2. The van der Waals surface area contributed by atoms with Crippen molar-refractivity contribution >= 4 is 61.3 Å². The topological polar surface area (TPSA) is 84.2 Å². The van der Waals surface area contributed by atoms with E-state index in [0.717, 1.165) is 9.26 Å². The maximum atomic E-state index is 11.2. The number of benzene rings is 2. The zero-order valence-electron chi connectivity index (χ0n) is 10.7. The number of hydrogen-bond acceptors (Lipinski definition) is 3. The van der Waals surface area contributed by atoms with Gasteiger partial charge in [-0.15, -0.1) is 0 Å². The van der Waals surface area contributed by atoms with Crippen molar-refractivity contribution in [3.8, 4) is 0 Å². The smallest absolute Gasteiger partial charge is 0.238 e. The van der Waals surface area contributed by atoms with E-state index in [1.807, 2.05) is 24.3 Å². The molecule has 0 unspecified atom stereocenters. The minimum atomic E-state index is -3.68. The van der Waals surface area contributed by atoms with Crippen LogP contribution in [0.2, 0.25) is 0 Å². The molecule has 0 aliphatic rings. The molecule has 0 bridgehead atoms. The van der Waals surface area contributed by atoms with Crippen LogP contribution in [0.1, 0.15) is 0 Å². The van der Waals surface area contributed by atoms with Crippen molar-refractivity contribution in [2.24, 2.45) is 5.14 Å². The fourth-order valence-electron chi connectivity index (χ4n) is 1.59. The van der Waals surface area contributed by atoms with Crippen LogP contribution in [0.3, 0.4) is 0 Å². The first-order chi connectivity index (χ1) is 9.84. The molecule has 0 atom stereocenters. The summed E-state index contributed by atoms with van der Waals surface area (Å²) in [7, 11) is -3.68. The first-order valence-corrected chi connectivity index (χ1v) is 8.84. The van der Waals surface area contributed by atoms with Crippen molar-refractivity contribution in [3.63, 3.8) is 0 Å². The molecule has 0 heterocycles. The summed E-state index contributed by atoms with van der Waals surface area (Å²) >= 11 is 7.41. The van der Waals surface area contributed by atoms with Gasteiger partial charge in [0, 0.05) is 14.9 Å². The van der Waals surface area contributed by atoms with Crippen LogP contribution in [0.15, 0.2) is 53.4 Å². The lowest BCUT2D eigenvalue weighted by Crippen LogP contribution is -2.19. The fraction of sp³-hybridized carbons (Fsp3) is 0. The minimum Gasteiger partial charge on any atom is -0.332 e. The van der Waals surface area contributed by atoms with Crippen molar-refractivity contribution < 1.29 is 8.42 Å². The number of halogens is 1. The van der Waals surface area contributed by atoms with Gasteiger partial charge >= 0.3 is 0 Å². The van der Waals surface area contributed by atoms with E-state index in [0.29, 0.717) is 10.8 Å². The number of nitrogens with one attached hydrogen (secondary N) is 2. The minimum absolute atomic E-state index is 0.0598. The second-order valence-corrected chi connectivity index (χ2v) is 7.37. The average Bonchev–Trinajstić information content (AvgIpc) is 2.38. The Morgan fingerprint density at radius 3 is 2.24 bits per heavy atom. The summed E-state index contributed by atoms with van der Waals surface area (Å²) in [6.45, 7) is 0. The molecule has 0 saturated heterocycles. The molecule has 8 heteroatoms. The molecule has 0 amide bonds. The molecule has 0 fully saturated rings. The predicted octanol–water partition coefficient (Wildman–Crippen LogP) is 2.75. The number of primary sulfonamides is 1. The molecule has 0 aliphatic carbocycles. The summed E-state index contributed by atoms with van der Waals surface area (Å²) in [5.74, 6) is 0. The molecule has 0 aromatic heterocycles. The second-order valence-electron chi connectivity index (χ2n) is 4.16. The van der Waals surface area contributed by atoms with Crippen molar-refractivity contribution in [2.75, 3.05) is 10.6 Å². The molecule has 4 N–H and O–H groups in total. The van der Waals surface area contributed by atoms with Crippen molar-refractivity contribution in [2.45, 2.75) is 4.90 Å². The lowest BCUT2D eigenvalue weighted by molar-refractivity contribution is 0.598. The van der Waals surface area contributed by atoms with Gasteiger partial charge in [-0.3, -0.25) is 0 Å². The molecule has 110 valence electrons. The molecule has 0 aliphatic heterocycles. The van der Waals surface area contributed by atoms with Gasteiger partial charge in [0.2, 0.25) is 10.0 Å². The van der Waals surface area contributed by atoms with Crippen molar-refractivity contribution in [1.82, 2.24) is 0 Å². The SMILES string of the molecule is NS(=O)(=O)c1ccc(NC(=S)Nc2cccc(I)c2)cc1. The molecule has 2 aromatic rings. The van der Waals surface area contributed by atoms with Gasteiger partial charge in [-0.2, -0.15) is 0 Å². The third kappa shape index (κ3) is 4.92. The highest BCUT2D eigenvalue weighted by molar-refractivity contribution is 14.1. The van der Waals surface area contributed by atoms with Crippen LogP contribution < -0.4 is 15.8 Å². The van der Waals surface area contributed by atoms with Gasteiger partial charge in [0.15, 0.2) is 5.11 Å². The molecular weight excluding hydrogens is 421 g/mol. The maximum Gasteiger partial charge on any atom is 0.238 e. The van der Waals surface area contributed by atoms with Gasteiger partial charge in [0.1, 0.15) is 0 Å². The van der Waals surface area contributed by atoms with Gasteiger partial charge in [0.25, 0.3) is 0 Å². The highest BCUT2D eigenvalue weighted by atomic mass is 127. The molecule has 0 radical (unpaired) electrons. The predicted molar refractivity (Wildman–Crippen MR) is 96.8 cm³/mol. The van der Waals surface area contributed by atoms with Crippen LogP contribution in [0.25, 0.3) is 0 Å². The number of hydrogen-bond donors (Lipinski definition) is 3. The normalized spacial score (nSPS) is 11.0. The highest BCUT2D eigenvalue weighted by Gasteiger charge is 2.07. The zero-order chi connectivity index (χ0) is 15.5.